The zero-order chi connectivity index (χ0) is 23.1. The van der Waals surface area contributed by atoms with Gasteiger partial charge >= 0.3 is 0 Å². The van der Waals surface area contributed by atoms with E-state index in [9.17, 15) is 9.90 Å². The number of fused-ring (bicyclic) bond motifs is 1. The smallest absolute Gasteiger partial charge is 0.237 e. The van der Waals surface area contributed by atoms with E-state index in [1.165, 1.54) is 16.0 Å². The van der Waals surface area contributed by atoms with Crippen LogP contribution in [0.4, 0.5) is 0 Å². The average Bonchev–Trinajstić information content (AvgIpc) is 3.26. The number of hydrogen-bond acceptors (Lipinski definition) is 5. The van der Waals surface area contributed by atoms with Crippen LogP contribution < -0.4 is 4.74 Å². The molecule has 0 bridgehead atoms. The molecule has 0 aliphatic carbocycles. The van der Waals surface area contributed by atoms with Crippen molar-refractivity contribution in [1.29, 1.82) is 0 Å². The van der Waals surface area contributed by atoms with E-state index in [4.69, 9.17) is 4.74 Å². The highest BCUT2D eigenvalue weighted by molar-refractivity contribution is 7.10. The maximum absolute atomic E-state index is 13.4. The Labute approximate surface area is 197 Å². The summed E-state index contributed by atoms with van der Waals surface area (Å²) in [6.45, 7) is 11.3. The number of thiophene rings is 1. The lowest BCUT2D eigenvalue weighted by molar-refractivity contribution is -0.136. The molecule has 0 saturated carbocycles. The summed E-state index contributed by atoms with van der Waals surface area (Å²) >= 11 is 1.77. The third kappa shape index (κ3) is 6.33. The zero-order valence-electron chi connectivity index (χ0n) is 19.9. The highest BCUT2D eigenvalue weighted by Gasteiger charge is 2.33. The topological polar surface area (TPSA) is 53.0 Å². The molecule has 1 aromatic carbocycles. The molecule has 32 heavy (non-hydrogen) atoms. The monoisotopic (exact) mass is 458 g/mol. The highest BCUT2D eigenvalue weighted by atomic mass is 32.1. The van der Waals surface area contributed by atoms with Crippen LogP contribution in [0.5, 0.6) is 5.75 Å². The Balaban J connectivity index is 1.71. The number of amides is 1. The van der Waals surface area contributed by atoms with Crippen molar-refractivity contribution in [3.05, 3.63) is 51.7 Å². The highest BCUT2D eigenvalue weighted by Crippen LogP contribution is 2.34. The predicted molar refractivity (Wildman–Crippen MR) is 132 cm³/mol. The van der Waals surface area contributed by atoms with Gasteiger partial charge in [0.05, 0.1) is 18.7 Å². The molecule has 2 atom stereocenters. The maximum Gasteiger partial charge on any atom is 0.237 e. The number of rotatable bonds is 11. The molecule has 1 N–H and O–H groups in total. The van der Waals surface area contributed by atoms with E-state index >= 15 is 0 Å². The fraction of sp³-hybridized carbons (Fsp3) is 0.577. The minimum Gasteiger partial charge on any atom is -0.491 e. The van der Waals surface area contributed by atoms with Gasteiger partial charge in [-0.15, -0.1) is 11.3 Å². The lowest BCUT2D eigenvalue weighted by Crippen LogP contribution is -2.47. The summed E-state index contributed by atoms with van der Waals surface area (Å²) in [5.41, 5.74) is 2.50. The molecule has 1 aliphatic heterocycles. The predicted octanol–water partition coefficient (Wildman–Crippen LogP) is 4.86. The van der Waals surface area contributed by atoms with Crippen molar-refractivity contribution in [2.75, 3.05) is 32.8 Å². The van der Waals surface area contributed by atoms with E-state index in [0.29, 0.717) is 38.6 Å². The van der Waals surface area contributed by atoms with E-state index in [1.807, 2.05) is 24.0 Å². The molecule has 2 heterocycles. The van der Waals surface area contributed by atoms with Crippen molar-refractivity contribution in [1.82, 2.24) is 9.80 Å². The number of carbonyl (C=O) groups excluding carboxylic acids is 1. The second-order valence-electron chi connectivity index (χ2n) is 8.98. The van der Waals surface area contributed by atoms with Crippen molar-refractivity contribution < 1.29 is 14.6 Å². The Hall–Kier alpha value is -1.89. The van der Waals surface area contributed by atoms with Gasteiger partial charge in [-0.25, -0.2) is 0 Å². The van der Waals surface area contributed by atoms with E-state index in [2.05, 4.69) is 49.3 Å². The van der Waals surface area contributed by atoms with E-state index < -0.39 is 6.10 Å². The molecule has 1 aromatic heterocycles. The average molecular weight is 459 g/mol. The molecular formula is C26H38N2O3S. The van der Waals surface area contributed by atoms with Crippen LogP contribution in [0.3, 0.4) is 0 Å². The van der Waals surface area contributed by atoms with Crippen molar-refractivity contribution in [3.8, 4) is 5.75 Å². The Morgan fingerprint density at radius 1 is 1.25 bits per heavy atom. The number of carbonyl (C=O) groups is 1. The van der Waals surface area contributed by atoms with Gasteiger partial charge in [0.25, 0.3) is 0 Å². The maximum atomic E-state index is 13.4. The molecule has 0 spiro atoms. The fourth-order valence-electron chi connectivity index (χ4n) is 4.26. The van der Waals surface area contributed by atoms with Gasteiger partial charge in [-0.1, -0.05) is 39.8 Å². The molecule has 0 unspecified atom stereocenters. The van der Waals surface area contributed by atoms with Gasteiger partial charge in [0.2, 0.25) is 5.91 Å². The SMILES string of the molecule is CCCN(CC(=O)N1CCc2sccc2[C@@H]1COc1ccc(C(C)C)cc1)C[C@@H](O)CC. The molecule has 2 aromatic rings. The Morgan fingerprint density at radius 3 is 2.66 bits per heavy atom. The second kappa shape index (κ2) is 11.8. The van der Waals surface area contributed by atoms with E-state index in [-0.39, 0.29) is 11.9 Å². The van der Waals surface area contributed by atoms with Crippen molar-refractivity contribution >= 4 is 17.2 Å². The molecule has 0 fully saturated rings. The summed E-state index contributed by atoms with van der Waals surface area (Å²) in [5, 5.41) is 12.2. The number of hydrogen-bond donors (Lipinski definition) is 1. The molecule has 176 valence electrons. The molecule has 3 rings (SSSR count). The summed E-state index contributed by atoms with van der Waals surface area (Å²) in [4.78, 5) is 18.8. The summed E-state index contributed by atoms with van der Waals surface area (Å²) in [6.07, 6.45) is 2.15. The molecular weight excluding hydrogens is 420 g/mol. The first-order chi connectivity index (χ1) is 15.4. The Kier molecular flexibility index (Phi) is 9.14. The van der Waals surface area contributed by atoms with Crippen LogP contribution in [0, 0.1) is 0 Å². The first-order valence-electron chi connectivity index (χ1n) is 11.9. The molecule has 1 aliphatic rings. The molecule has 6 heteroatoms. The van der Waals surface area contributed by atoms with Crippen molar-refractivity contribution in [2.24, 2.45) is 0 Å². The molecule has 0 radical (unpaired) electrons. The quantitative estimate of drug-likeness (QED) is 0.523. The van der Waals surface area contributed by atoms with Gasteiger partial charge in [-0.3, -0.25) is 9.69 Å². The van der Waals surface area contributed by atoms with E-state index in [0.717, 1.165) is 25.1 Å². The van der Waals surface area contributed by atoms with Gasteiger partial charge < -0.3 is 14.7 Å². The van der Waals surface area contributed by atoms with Crippen LogP contribution in [0.15, 0.2) is 35.7 Å². The molecule has 5 nitrogen and oxygen atoms in total. The van der Waals surface area contributed by atoms with Gasteiger partial charge in [0.15, 0.2) is 0 Å². The fourth-order valence-corrected chi connectivity index (χ4v) is 5.19. The van der Waals surface area contributed by atoms with Gasteiger partial charge in [-0.2, -0.15) is 0 Å². The van der Waals surface area contributed by atoms with Crippen LogP contribution in [0.25, 0.3) is 0 Å². The minimum absolute atomic E-state index is 0.0816. The first kappa shape index (κ1) is 24.7. The van der Waals surface area contributed by atoms with Crippen LogP contribution in [0.1, 0.15) is 68.5 Å². The summed E-state index contributed by atoms with van der Waals surface area (Å²) in [5.74, 6) is 1.44. The molecule has 1 amide bonds. The Morgan fingerprint density at radius 2 is 2.00 bits per heavy atom. The van der Waals surface area contributed by atoms with Gasteiger partial charge in [-0.05, 0) is 66.4 Å². The normalized spacial score (nSPS) is 17.0. The number of benzene rings is 1. The van der Waals surface area contributed by atoms with Crippen molar-refractivity contribution in [2.45, 2.75) is 65.0 Å². The summed E-state index contributed by atoms with van der Waals surface area (Å²) < 4.78 is 6.18. The zero-order valence-corrected chi connectivity index (χ0v) is 20.7. The Bertz CT molecular complexity index is 849. The summed E-state index contributed by atoms with van der Waals surface area (Å²) in [7, 11) is 0. The molecule has 0 saturated heterocycles. The number of aliphatic hydroxyl groups excluding tert-OH is 1. The lowest BCUT2D eigenvalue weighted by Gasteiger charge is -2.37. The van der Waals surface area contributed by atoms with Crippen LogP contribution in [-0.4, -0.2) is 59.7 Å². The van der Waals surface area contributed by atoms with Gasteiger partial charge in [0, 0.05) is 18.0 Å². The van der Waals surface area contributed by atoms with Crippen LogP contribution in [0.2, 0.25) is 0 Å². The first-order valence-corrected chi connectivity index (χ1v) is 12.8. The lowest BCUT2D eigenvalue weighted by atomic mass is 10.00. The second-order valence-corrected chi connectivity index (χ2v) is 9.98. The standard InChI is InChI=1S/C26H38N2O3S/c1-5-13-27(16-21(29)6-2)17-26(30)28-14-11-25-23(12-15-32-25)24(28)18-31-22-9-7-20(8-10-22)19(3)4/h7-10,12,15,19,21,24,29H,5-6,11,13-14,16-18H2,1-4H3/t21-,24-/m0/s1. The van der Waals surface area contributed by atoms with E-state index in [1.54, 1.807) is 11.3 Å². The largest absolute Gasteiger partial charge is 0.491 e. The van der Waals surface area contributed by atoms with Crippen LogP contribution >= 0.6 is 11.3 Å². The van der Waals surface area contributed by atoms with Crippen LogP contribution in [-0.2, 0) is 11.2 Å². The number of aliphatic hydroxyl groups is 1. The van der Waals surface area contributed by atoms with Crippen molar-refractivity contribution in [3.63, 3.8) is 0 Å². The summed E-state index contributed by atoms with van der Waals surface area (Å²) in [6, 6.07) is 10.3. The third-order valence-electron chi connectivity index (χ3n) is 6.21. The number of nitrogens with zero attached hydrogens (tertiary/aromatic N) is 2. The van der Waals surface area contributed by atoms with Gasteiger partial charge in [0.1, 0.15) is 12.4 Å². The minimum atomic E-state index is -0.396. The third-order valence-corrected chi connectivity index (χ3v) is 7.21. The number of ether oxygens (including phenoxy) is 1.